The van der Waals surface area contributed by atoms with E-state index in [1.807, 2.05) is 0 Å². The Morgan fingerprint density at radius 2 is 1.04 bits per heavy atom. The Morgan fingerprint density at radius 1 is 0.630 bits per heavy atom. The molecule has 0 aliphatic rings. The second-order valence-electron chi connectivity index (χ2n) is 6.70. The van der Waals surface area contributed by atoms with Crippen LogP contribution in [0.4, 0.5) is 22.0 Å². The standard InChI is InChI=1S/C19H29F5O2Si/c1-4-27(25-2,26-3)13-11-9-7-5-6-8-10-12-14-15(20)17(22)19(24)18(23)16(14)21/h4-13H2,1-3H3. The van der Waals surface area contributed by atoms with Crippen LogP contribution in [-0.4, -0.2) is 22.8 Å². The van der Waals surface area contributed by atoms with E-state index < -0.39 is 43.2 Å². The molecule has 0 N–H and O–H groups in total. The molecule has 1 aromatic carbocycles. The number of benzene rings is 1. The number of unbranched alkanes of at least 4 members (excludes halogenated alkanes) is 6. The summed E-state index contributed by atoms with van der Waals surface area (Å²) in [5.41, 5.74) is -0.716. The summed E-state index contributed by atoms with van der Waals surface area (Å²) in [6.07, 6.45) is 5.87. The van der Waals surface area contributed by atoms with Crippen molar-refractivity contribution in [3.8, 4) is 0 Å². The van der Waals surface area contributed by atoms with Crippen LogP contribution in [0, 0.1) is 29.1 Å². The van der Waals surface area contributed by atoms with Gasteiger partial charge in [-0.1, -0.05) is 45.4 Å². The van der Waals surface area contributed by atoms with Crippen LogP contribution in [0.5, 0.6) is 0 Å². The van der Waals surface area contributed by atoms with Crippen molar-refractivity contribution in [1.82, 2.24) is 0 Å². The number of hydrogen-bond donors (Lipinski definition) is 0. The summed E-state index contributed by atoms with van der Waals surface area (Å²) in [7, 11) is 1.38. The molecule has 0 unspecified atom stereocenters. The summed E-state index contributed by atoms with van der Waals surface area (Å²) in [6, 6.07) is 1.87. The van der Waals surface area contributed by atoms with Crippen LogP contribution in [0.15, 0.2) is 0 Å². The third-order valence-electron chi connectivity index (χ3n) is 5.07. The molecule has 1 rings (SSSR count). The average molecular weight is 413 g/mol. The molecule has 0 atom stereocenters. The summed E-state index contributed by atoms with van der Waals surface area (Å²) in [4.78, 5) is 0. The Bertz CT molecular complexity index is 557. The second kappa shape index (κ2) is 11.8. The van der Waals surface area contributed by atoms with Crippen molar-refractivity contribution in [2.75, 3.05) is 14.2 Å². The van der Waals surface area contributed by atoms with Gasteiger partial charge in [-0.25, -0.2) is 22.0 Å². The fourth-order valence-electron chi connectivity index (χ4n) is 3.20. The largest absolute Gasteiger partial charge is 0.398 e. The molecule has 27 heavy (non-hydrogen) atoms. The normalized spacial score (nSPS) is 12.0. The highest BCUT2D eigenvalue weighted by atomic mass is 28.4. The first-order valence-corrected chi connectivity index (χ1v) is 11.7. The summed E-state index contributed by atoms with van der Waals surface area (Å²) in [5, 5.41) is 0. The van der Waals surface area contributed by atoms with Crippen molar-refractivity contribution >= 4 is 8.56 Å². The van der Waals surface area contributed by atoms with E-state index in [-0.39, 0.29) is 6.42 Å². The maximum absolute atomic E-state index is 13.6. The van der Waals surface area contributed by atoms with E-state index in [1.165, 1.54) is 0 Å². The van der Waals surface area contributed by atoms with Crippen LogP contribution in [-0.2, 0) is 15.3 Å². The van der Waals surface area contributed by atoms with Gasteiger partial charge in [-0.05, 0) is 24.9 Å². The molecule has 0 fully saturated rings. The second-order valence-corrected chi connectivity index (χ2v) is 10.5. The minimum Gasteiger partial charge on any atom is -0.398 e. The lowest BCUT2D eigenvalue weighted by atomic mass is 10.0. The number of hydrogen-bond acceptors (Lipinski definition) is 2. The Balaban J connectivity index is 2.26. The lowest BCUT2D eigenvalue weighted by Gasteiger charge is -2.25. The van der Waals surface area contributed by atoms with Gasteiger partial charge >= 0.3 is 8.56 Å². The molecule has 156 valence electrons. The topological polar surface area (TPSA) is 18.5 Å². The van der Waals surface area contributed by atoms with Crippen LogP contribution < -0.4 is 0 Å². The van der Waals surface area contributed by atoms with Crippen LogP contribution >= 0.6 is 0 Å². The Morgan fingerprint density at radius 3 is 1.48 bits per heavy atom. The molecular formula is C19H29F5O2Si. The molecule has 0 bridgehead atoms. The fraction of sp³-hybridized carbons (Fsp3) is 0.684. The van der Waals surface area contributed by atoms with E-state index in [9.17, 15) is 22.0 Å². The first-order chi connectivity index (χ1) is 12.8. The van der Waals surface area contributed by atoms with Crippen molar-refractivity contribution < 1.29 is 30.8 Å². The van der Waals surface area contributed by atoms with Crippen LogP contribution in [0.1, 0.15) is 57.4 Å². The highest BCUT2D eigenvalue weighted by Gasteiger charge is 2.32. The highest BCUT2D eigenvalue weighted by molar-refractivity contribution is 6.67. The number of halogens is 5. The van der Waals surface area contributed by atoms with Crippen molar-refractivity contribution in [3.63, 3.8) is 0 Å². The maximum atomic E-state index is 13.6. The van der Waals surface area contributed by atoms with Gasteiger partial charge in [-0.2, -0.15) is 0 Å². The minimum absolute atomic E-state index is 0.155. The Kier molecular flexibility index (Phi) is 10.5. The Labute approximate surface area is 159 Å². The summed E-state index contributed by atoms with van der Waals surface area (Å²) < 4.78 is 77.5. The average Bonchev–Trinajstić information content (AvgIpc) is 2.69. The molecule has 0 saturated carbocycles. The van der Waals surface area contributed by atoms with E-state index in [1.54, 1.807) is 14.2 Å². The van der Waals surface area contributed by atoms with Gasteiger partial charge in [0.05, 0.1) is 0 Å². The van der Waals surface area contributed by atoms with Crippen molar-refractivity contribution in [2.45, 2.75) is 70.4 Å². The smallest absolute Gasteiger partial charge is 0.337 e. The zero-order chi connectivity index (χ0) is 20.4. The van der Waals surface area contributed by atoms with Gasteiger partial charge in [0.15, 0.2) is 23.3 Å². The van der Waals surface area contributed by atoms with Crippen molar-refractivity contribution in [2.24, 2.45) is 0 Å². The molecule has 1 aromatic rings. The zero-order valence-corrected chi connectivity index (χ0v) is 17.3. The SMILES string of the molecule is CC[Si](CCCCCCCCCc1c(F)c(F)c(F)c(F)c1F)(OC)OC. The number of rotatable bonds is 13. The first kappa shape index (κ1) is 24.0. The zero-order valence-electron chi connectivity index (χ0n) is 16.3. The van der Waals surface area contributed by atoms with Gasteiger partial charge in [0.25, 0.3) is 0 Å². The third-order valence-corrected chi connectivity index (χ3v) is 8.75. The molecule has 0 radical (unpaired) electrons. The van der Waals surface area contributed by atoms with Gasteiger partial charge in [-0.15, -0.1) is 0 Å². The summed E-state index contributed by atoms with van der Waals surface area (Å²) >= 11 is 0. The summed E-state index contributed by atoms with van der Waals surface area (Å²) in [6.45, 7) is 2.07. The van der Waals surface area contributed by atoms with Crippen molar-refractivity contribution in [1.29, 1.82) is 0 Å². The van der Waals surface area contributed by atoms with Gasteiger partial charge in [-0.3, -0.25) is 0 Å². The van der Waals surface area contributed by atoms with Crippen LogP contribution in [0.3, 0.4) is 0 Å². The molecule has 2 nitrogen and oxygen atoms in total. The van der Waals surface area contributed by atoms with Gasteiger partial charge in [0, 0.05) is 19.8 Å². The third kappa shape index (κ3) is 6.53. The first-order valence-electron chi connectivity index (χ1n) is 9.44. The van der Waals surface area contributed by atoms with E-state index in [0.717, 1.165) is 44.2 Å². The maximum Gasteiger partial charge on any atom is 0.337 e. The fourth-order valence-corrected chi connectivity index (χ4v) is 5.50. The Hall–Kier alpha value is -0.993. The highest BCUT2D eigenvalue weighted by Crippen LogP contribution is 2.25. The van der Waals surface area contributed by atoms with E-state index in [0.29, 0.717) is 12.8 Å². The van der Waals surface area contributed by atoms with Crippen LogP contribution in [0.25, 0.3) is 0 Å². The summed E-state index contributed by atoms with van der Waals surface area (Å²) in [5.74, 6) is -9.28. The molecule has 0 amide bonds. The predicted octanol–water partition coefficient (Wildman–Crippen LogP) is 6.41. The lowest BCUT2D eigenvalue weighted by Crippen LogP contribution is -2.38. The molecular weight excluding hydrogens is 383 g/mol. The minimum atomic E-state index is -2.11. The molecule has 0 saturated heterocycles. The van der Waals surface area contributed by atoms with Crippen LogP contribution in [0.2, 0.25) is 12.1 Å². The molecule has 0 aliphatic heterocycles. The van der Waals surface area contributed by atoms with E-state index in [2.05, 4.69) is 6.92 Å². The molecule has 0 spiro atoms. The quantitative estimate of drug-likeness (QED) is 0.123. The lowest BCUT2D eigenvalue weighted by molar-refractivity contribution is 0.241. The molecule has 0 aromatic heterocycles. The van der Waals surface area contributed by atoms with Gasteiger partial charge in [0.1, 0.15) is 0 Å². The van der Waals surface area contributed by atoms with Gasteiger partial charge < -0.3 is 8.85 Å². The van der Waals surface area contributed by atoms with E-state index >= 15 is 0 Å². The molecule has 8 heteroatoms. The monoisotopic (exact) mass is 412 g/mol. The predicted molar refractivity (Wildman–Crippen MR) is 97.3 cm³/mol. The molecule has 0 aliphatic carbocycles. The van der Waals surface area contributed by atoms with Gasteiger partial charge in [0.2, 0.25) is 5.82 Å². The van der Waals surface area contributed by atoms with E-state index in [4.69, 9.17) is 8.85 Å². The van der Waals surface area contributed by atoms with Crippen molar-refractivity contribution in [3.05, 3.63) is 34.6 Å². The molecule has 0 heterocycles.